The van der Waals surface area contributed by atoms with E-state index >= 15 is 0 Å². The summed E-state index contributed by atoms with van der Waals surface area (Å²) in [6.45, 7) is 3.06. The summed E-state index contributed by atoms with van der Waals surface area (Å²) in [6, 6.07) is 11.9. The second-order valence-electron chi connectivity index (χ2n) is 10.3. The topological polar surface area (TPSA) is 116 Å². The third-order valence-corrected chi connectivity index (χ3v) is 7.49. The van der Waals surface area contributed by atoms with E-state index in [-0.39, 0.29) is 18.1 Å². The molecule has 1 aromatic carbocycles. The Bertz CT molecular complexity index is 1260. The number of nitrogens with one attached hydrogen (secondary N) is 2. The molecule has 0 radical (unpaired) electrons. The third kappa shape index (κ3) is 5.71. The average Bonchev–Trinajstić information content (AvgIpc) is 3.30. The molecule has 2 aromatic heterocycles. The number of hydrogen-bond acceptors (Lipinski definition) is 9. The largest absolute Gasteiger partial charge is 0.490 e. The molecule has 10 nitrogen and oxygen atoms in total. The summed E-state index contributed by atoms with van der Waals surface area (Å²) in [5, 5.41) is 16.8. The summed E-state index contributed by atoms with van der Waals surface area (Å²) in [5.74, 6) is 2.15. The molecule has 2 atom stereocenters. The predicted molar refractivity (Wildman–Crippen MR) is 144 cm³/mol. The number of aliphatic hydroxyl groups is 1. The molecule has 9 rings (SSSR count). The molecule has 2 saturated heterocycles. The lowest BCUT2D eigenvalue weighted by Crippen LogP contribution is -2.44. The van der Waals surface area contributed by atoms with Gasteiger partial charge in [-0.3, -0.25) is 9.69 Å². The highest BCUT2D eigenvalue weighted by atomic mass is 16.5. The van der Waals surface area contributed by atoms with Crippen molar-refractivity contribution in [2.45, 2.75) is 43.9 Å². The number of piperidine rings is 1. The highest BCUT2D eigenvalue weighted by molar-refractivity contribution is 5.78. The molecule has 3 aromatic rings. The van der Waals surface area contributed by atoms with Gasteiger partial charge in [0, 0.05) is 68.1 Å². The standard InChI is InChI=1S/C28H33N7O3/c36-23-14-22-5-9-30-27(37)18-34-10-6-24(7-11-34)38-25-3-1-2-21(13-25)33-26-12-19(4-8-29-26)20-15-31-28(32-16-20)35(22)17-23/h1-4,8,12-13,15-16,22-24,36H,5-7,9-11,14,17-18H2,(H,29,33)(H,30,37). The maximum Gasteiger partial charge on any atom is 0.234 e. The van der Waals surface area contributed by atoms with Gasteiger partial charge < -0.3 is 25.4 Å². The normalized spacial score (nSPS) is 25.7. The number of pyridine rings is 1. The van der Waals surface area contributed by atoms with Gasteiger partial charge in [0.1, 0.15) is 17.7 Å². The number of carbonyl (C=O) groups excluding carboxylic acids is 1. The van der Waals surface area contributed by atoms with Crippen LogP contribution in [0, 0.1) is 0 Å². The van der Waals surface area contributed by atoms with Crippen LogP contribution in [-0.2, 0) is 4.79 Å². The molecule has 0 spiro atoms. The zero-order valence-electron chi connectivity index (χ0n) is 21.3. The Hall–Kier alpha value is -3.76. The molecule has 2 fully saturated rings. The van der Waals surface area contributed by atoms with E-state index < -0.39 is 6.10 Å². The van der Waals surface area contributed by atoms with Crippen molar-refractivity contribution in [1.82, 2.24) is 25.2 Å². The molecule has 6 aliphatic heterocycles. The van der Waals surface area contributed by atoms with Crippen molar-refractivity contribution in [3.8, 4) is 16.9 Å². The van der Waals surface area contributed by atoms with Crippen LogP contribution in [0.1, 0.15) is 25.7 Å². The van der Waals surface area contributed by atoms with Gasteiger partial charge in [-0.2, -0.15) is 0 Å². The van der Waals surface area contributed by atoms with Crippen molar-refractivity contribution < 1.29 is 14.6 Å². The second-order valence-corrected chi connectivity index (χ2v) is 10.3. The first kappa shape index (κ1) is 24.6. The lowest BCUT2D eigenvalue weighted by molar-refractivity contribution is -0.122. The lowest BCUT2D eigenvalue weighted by Gasteiger charge is -2.31. The molecule has 8 bridgehead atoms. The van der Waals surface area contributed by atoms with Crippen molar-refractivity contribution in [3.05, 3.63) is 55.0 Å². The minimum absolute atomic E-state index is 0.0302. The Morgan fingerprint density at radius 1 is 1.00 bits per heavy atom. The Balaban J connectivity index is 1.27. The van der Waals surface area contributed by atoms with Gasteiger partial charge in [0.05, 0.1) is 12.6 Å². The molecule has 8 heterocycles. The number of hydrogen-bond donors (Lipinski definition) is 3. The van der Waals surface area contributed by atoms with Crippen molar-refractivity contribution >= 4 is 23.4 Å². The number of amides is 1. The minimum atomic E-state index is -0.437. The van der Waals surface area contributed by atoms with Gasteiger partial charge in [0.25, 0.3) is 0 Å². The van der Waals surface area contributed by atoms with Crippen LogP contribution >= 0.6 is 0 Å². The van der Waals surface area contributed by atoms with Crippen LogP contribution in [0.2, 0.25) is 0 Å². The number of nitrogens with zero attached hydrogens (tertiary/aromatic N) is 5. The molecule has 6 aliphatic rings. The van der Waals surface area contributed by atoms with Crippen LogP contribution in [0.3, 0.4) is 0 Å². The molecule has 0 aliphatic carbocycles. The summed E-state index contributed by atoms with van der Waals surface area (Å²) in [6.07, 6.45) is 8.17. The Morgan fingerprint density at radius 3 is 2.68 bits per heavy atom. The van der Waals surface area contributed by atoms with E-state index in [1.165, 1.54) is 0 Å². The van der Waals surface area contributed by atoms with Gasteiger partial charge in [-0.1, -0.05) is 6.07 Å². The third-order valence-electron chi connectivity index (χ3n) is 7.49. The molecular formula is C28H33N7O3. The maximum absolute atomic E-state index is 12.6. The first-order chi connectivity index (χ1) is 18.6. The molecule has 3 N–H and O–H groups in total. The van der Waals surface area contributed by atoms with Crippen molar-refractivity contribution in [2.75, 3.05) is 42.9 Å². The molecular weight excluding hydrogens is 482 g/mol. The fourth-order valence-electron chi connectivity index (χ4n) is 5.52. The lowest BCUT2D eigenvalue weighted by atomic mass is 10.1. The van der Waals surface area contributed by atoms with E-state index in [1.54, 1.807) is 18.6 Å². The Morgan fingerprint density at radius 2 is 1.84 bits per heavy atom. The van der Waals surface area contributed by atoms with Crippen LogP contribution in [0.15, 0.2) is 55.0 Å². The van der Waals surface area contributed by atoms with Crippen molar-refractivity contribution in [1.29, 1.82) is 0 Å². The molecule has 38 heavy (non-hydrogen) atoms. The number of ether oxygens (including phenoxy) is 1. The van der Waals surface area contributed by atoms with E-state index in [1.807, 2.05) is 41.3 Å². The first-order valence-electron chi connectivity index (χ1n) is 13.3. The fraction of sp³-hybridized carbons (Fsp3) is 0.429. The average molecular weight is 516 g/mol. The smallest absolute Gasteiger partial charge is 0.234 e. The summed E-state index contributed by atoms with van der Waals surface area (Å²) < 4.78 is 6.28. The Labute approximate surface area is 222 Å². The summed E-state index contributed by atoms with van der Waals surface area (Å²) in [5.41, 5.74) is 2.72. The van der Waals surface area contributed by atoms with Gasteiger partial charge in [0.2, 0.25) is 11.9 Å². The number of carbonyl (C=O) groups is 1. The molecule has 0 saturated carbocycles. The first-order valence-corrected chi connectivity index (χ1v) is 13.3. The zero-order valence-corrected chi connectivity index (χ0v) is 21.3. The molecule has 1 amide bonds. The summed E-state index contributed by atoms with van der Waals surface area (Å²) in [4.78, 5) is 30.6. The maximum atomic E-state index is 12.6. The van der Waals surface area contributed by atoms with E-state index in [4.69, 9.17) is 4.74 Å². The van der Waals surface area contributed by atoms with Gasteiger partial charge >= 0.3 is 0 Å². The fourth-order valence-corrected chi connectivity index (χ4v) is 5.52. The van der Waals surface area contributed by atoms with Crippen LogP contribution in [0.25, 0.3) is 11.1 Å². The molecule has 10 heteroatoms. The summed E-state index contributed by atoms with van der Waals surface area (Å²) in [7, 11) is 0. The van der Waals surface area contributed by atoms with Gasteiger partial charge in [-0.25, -0.2) is 15.0 Å². The van der Waals surface area contributed by atoms with Crippen LogP contribution in [0.5, 0.6) is 5.75 Å². The van der Waals surface area contributed by atoms with Crippen LogP contribution in [-0.4, -0.2) is 81.8 Å². The number of aromatic nitrogens is 3. The van der Waals surface area contributed by atoms with E-state index in [9.17, 15) is 9.90 Å². The van der Waals surface area contributed by atoms with Crippen molar-refractivity contribution in [3.63, 3.8) is 0 Å². The van der Waals surface area contributed by atoms with Crippen LogP contribution in [0.4, 0.5) is 17.5 Å². The quantitative estimate of drug-likeness (QED) is 0.415. The number of benzene rings is 1. The van der Waals surface area contributed by atoms with Crippen LogP contribution < -0.4 is 20.3 Å². The van der Waals surface area contributed by atoms with E-state index in [2.05, 4.69) is 30.5 Å². The monoisotopic (exact) mass is 515 g/mol. The number of aliphatic hydroxyl groups excluding tert-OH is 1. The minimum Gasteiger partial charge on any atom is -0.490 e. The zero-order chi connectivity index (χ0) is 25.9. The van der Waals surface area contributed by atoms with Gasteiger partial charge in [-0.15, -0.1) is 0 Å². The van der Waals surface area contributed by atoms with E-state index in [0.29, 0.717) is 32.0 Å². The number of rotatable bonds is 0. The molecule has 198 valence electrons. The molecule has 2 unspecified atom stereocenters. The van der Waals surface area contributed by atoms with E-state index in [0.717, 1.165) is 60.7 Å². The summed E-state index contributed by atoms with van der Waals surface area (Å²) >= 11 is 0. The highest BCUT2D eigenvalue weighted by Crippen LogP contribution is 2.28. The predicted octanol–water partition coefficient (Wildman–Crippen LogP) is 2.58. The highest BCUT2D eigenvalue weighted by Gasteiger charge is 2.32. The van der Waals surface area contributed by atoms with Gasteiger partial charge in [0.15, 0.2) is 0 Å². The number of anilines is 3. The SMILES string of the molecule is O=C1CN2CCC(CC2)Oc2cccc(c2)Nc2cc(ccn2)-c2cnc(nc2)N2CC(O)CC2CCN1. The Kier molecular flexibility index (Phi) is 7.06. The van der Waals surface area contributed by atoms with Gasteiger partial charge in [-0.05, 0) is 55.5 Å². The second kappa shape index (κ2) is 10.9. The van der Waals surface area contributed by atoms with Crippen molar-refractivity contribution in [2.24, 2.45) is 0 Å².